The molecule has 1 saturated heterocycles. The fourth-order valence-corrected chi connectivity index (χ4v) is 3.47. The molecular formula is C19H20N2O5S. The summed E-state index contributed by atoms with van der Waals surface area (Å²) in [6.07, 6.45) is 0. The Kier molecular flexibility index (Phi) is 6.08. The summed E-state index contributed by atoms with van der Waals surface area (Å²) in [5.74, 6) is -0.175. The van der Waals surface area contributed by atoms with Gasteiger partial charge in [0.25, 0.3) is 11.8 Å². The SMILES string of the molecule is COC(=O)c1cccc(OCC(=O)N2CCN(C(=O)c3cccs3)CC2)c1. The van der Waals surface area contributed by atoms with E-state index in [4.69, 9.17) is 4.74 Å². The van der Waals surface area contributed by atoms with E-state index in [0.717, 1.165) is 0 Å². The van der Waals surface area contributed by atoms with Crippen LogP contribution in [0.4, 0.5) is 0 Å². The van der Waals surface area contributed by atoms with Crippen LogP contribution in [0.5, 0.6) is 5.75 Å². The molecule has 0 bridgehead atoms. The van der Waals surface area contributed by atoms with Gasteiger partial charge in [0.05, 0.1) is 17.6 Å². The quantitative estimate of drug-likeness (QED) is 0.732. The fourth-order valence-electron chi connectivity index (χ4n) is 2.78. The van der Waals surface area contributed by atoms with Crippen molar-refractivity contribution in [2.75, 3.05) is 39.9 Å². The molecule has 0 N–H and O–H groups in total. The molecule has 2 aromatic rings. The van der Waals surface area contributed by atoms with Gasteiger partial charge in [0, 0.05) is 26.2 Å². The number of esters is 1. The normalized spacial score (nSPS) is 14.0. The topological polar surface area (TPSA) is 76.2 Å². The lowest BCUT2D eigenvalue weighted by Gasteiger charge is -2.34. The second-order valence-corrected chi connectivity index (χ2v) is 6.91. The first-order valence-electron chi connectivity index (χ1n) is 8.50. The van der Waals surface area contributed by atoms with Crippen LogP contribution in [0.15, 0.2) is 41.8 Å². The smallest absolute Gasteiger partial charge is 0.337 e. The first kappa shape index (κ1) is 18.9. The third kappa shape index (κ3) is 4.65. The average Bonchev–Trinajstić information content (AvgIpc) is 3.26. The van der Waals surface area contributed by atoms with Crippen molar-refractivity contribution in [1.82, 2.24) is 9.80 Å². The minimum atomic E-state index is -0.460. The molecule has 142 valence electrons. The summed E-state index contributed by atoms with van der Waals surface area (Å²) in [5, 5.41) is 1.87. The molecule has 2 amide bonds. The Morgan fingerprint density at radius 1 is 1.04 bits per heavy atom. The van der Waals surface area contributed by atoms with E-state index in [1.807, 2.05) is 11.4 Å². The van der Waals surface area contributed by atoms with Gasteiger partial charge < -0.3 is 19.3 Å². The maximum absolute atomic E-state index is 12.4. The zero-order chi connectivity index (χ0) is 19.2. The molecule has 3 rings (SSSR count). The van der Waals surface area contributed by atoms with Crippen molar-refractivity contribution in [3.8, 4) is 5.75 Å². The second kappa shape index (κ2) is 8.68. The number of carbonyl (C=O) groups is 3. The predicted molar refractivity (Wildman–Crippen MR) is 100 cm³/mol. The Morgan fingerprint density at radius 3 is 2.44 bits per heavy atom. The number of rotatable bonds is 5. The minimum absolute atomic E-state index is 0.00738. The summed E-state index contributed by atoms with van der Waals surface area (Å²) in [6, 6.07) is 10.2. The van der Waals surface area contributed by atoms with Gasteiger partial charge in [-0.05, 0) is 29.6 Å². The van der Waals surface area contributed by atoms with Gasteiger partial charge in [-0.1, -0.05) is 12.1 Å². The Bertz CT molecular complexity index is 813. The summed E-state index contributed by atoms with van der Waals surface area (Å²) in [6.45, 7) is 1.83. The molecule has 0 aliphatic carbocycles. The highest BCUT2D eigenvalue weighted by atomic mass is 32.1. The first-order chi connectivity index (χ1) is 13.1. The summed E-state index contributed by atoms with van der Waals surface area (Å²) in [4.78, 5) is 40.4. The minimum Gasteiger partial charge on any atom is -0.484 e. The van der Waals surface area contributed by atoms with Gasteiger partial charge in [-0.3, -0.25) is 9.59 Å². The highest BCUT2D eigenvalue weighted by Gasteiger charge is 2.25. The first-order valence-corrected chi connectivity index (χ1v) is 9.38. The van der Waals surface area contributed by atoms with Crippen LogP contribution in [0.1, 0.15) is 20.0 Å². The summed E-state index contributed by atoms with van der Waals surface area (Å²) in [5.41, 5.74) is 0.364. The highest BCUT2D eigenvalue weighted by Crippen LogP contribution is 2.16. The van der Waals surface area contributed by atoms with Gasteiger partial charge in [0.1, 0.15) is 5.75 Å². The van der Waals surface area contributed by atoms with E-state index in [1.165, 1.54) is 24.5 Å². The monoisotopic (exact) mass is 388 g/mol. The van der Waals surface area contributed by atoms with Gasteiger partial charge in [-0.15, -0.1) is 11.3 Å². The molecule has 1 aliphatic rings. The van der Waals surface area contributed by atoms with E-state index in [2.05, 4.69) is 4.74 Å². The lowest BCUT2D eigenvalue weighted by molar-refractivity contribution is -0.134. The Balaban J connectivity index is 1.49. The van der Waals surface area contributed by atoms with Crippen LogP contribution in [0.25, 0.3) is 0 Å². The zero-order valence-electron chi connectivity index (χ0n) is 14.9. The number of hydrogen-bond acceptors (Lipinski definition) is 6. The molecule has 0 unspecified atom stereocenters. The van der Waals surface area contributed by atoms with Crippen LogP contribution in [0, 0.1) is 0 Å². The number of piperazine rings is 1. The summed E-state index contributed by atoms with van der Waals surface area (Å²) in [7, 11) is 1.31. The lowest BCUT2D eigenvalue weighted by atomic mass is 10.2. The van der Waals surface area contributed by atoms with Crippen molar-refractivity contribution < 1.29 is 23.9 Å². The third-order valence-electron chi connectivity index (χ3n) is 4.27. The molecule has 2 heterocycles. The van der Waals surface area contributed by atoms with E-state index in [0.29, 0.717) is 42.4 Å². The van der Waals surface area contributed by atoms with Crippen LogP contribution in [-0.2, 0) is 9.53 Å². The van der Waals surface area contributed by atoms with E-state index in [-0.39, 0.29) is 18.4 Å². The standard InChI is InChI=1S/C19H20N2O5S/c1-25-19(24)14-4-2-5-15(12-14)26-13-17(22)20-7-9-21(10-8-20)18(23)16-6-3-11-27-16/h2-6,11-12H,7-10,13H2,1H3. The van der Waals surface area contributed by atoms with Gasteiger partial charge in [0.2, 0.25) is 0 Å². The molecule has 1 aromatic heterocycles. The van der Waals surface area contributed by atoms with Crippen LogP contribution in [-0.4, -0.2) is 67.5 Å². The molecule has 1 fully saturated rings. The number of hydrogen-bond donors (Lipinski definition) is 0. The second-order valence-electron chi connectivity index (χ2n) is 5.96. The zero-order valence-corrected chi connectivity index (χ0v) is 15.7. The number of nitrogens with zero attached hydrogens (tertiary/aromatic N) is 2. The van der Waals surface area contributed by atoms with E-state index < -0.39 is 5.97 Å². The molecule has 7 nitrogen and oxygen atoms in total. The summed E-state index contributed by atoms with van der Waals surface area (Å²) < 4.78 is 10.2. The predicted octanol–water partition coefficient (Wildman–Crippen LogP) is 1.90. The molecule has 0 radical (unpaired) electrons. The summed E-state index contributed by atoms with van der Waals surface area (Å²) >= 11 is 1.42. The molecule has 0 spiro atoms. The van der Waals surface area contributed by atoms with Crippen molar-refractivity contribution in [1.29, 1.82) is 0 Å². The Labute approximate surface area is 161 Å². The molecular weight excluding hydrogens is 368 g/mol. The number of amides is 2. The lowest BCUT2D eigenvalue weighted by Crippen LogP contribution is -2.51. The Morgan fingerprint density at radius 2 is 1.78 bits per heavy atom. The van der Waals surface area contributed by atoms with Gasteiger partial charge >= 0.3 is 5.97 Å². The molecule has 8 heteroatoms. The molecule has 0 saturated carbocycles. The maximum atomic E-state index is 12.4. The van der Waals surface area contributed by atoms with E-state index in [1.54, 1.807) is 34.1 Å². The van der Waals surface area contributed by atoms with E-state index in [9.17, 15) is 14.4 Å². The average molecular weight is 388 g/mol. The maximum Gasteiger partial charge on any atom is 0.337 e. The highest BCUT2D eigenvalue weighted by molar-refractivity contribution is 7.12. The third-order valence-corrected chi connectivity index (χ3v) is 5.13. The number of benzene rings is 1. The van der Waals surface area contributed by atoms with Gasteiger partial charge in [-0.25, -0.2) is 4.79 Å². The number of methoxy groups -OCH3 is 1. The van der Waals surface area contributed by atoms with Crippen LogP contribution in [0.2, 0.25) is 0 Å². The number of thiophene rings is 1. The fraction of sp³-hybridized carbons (Fsp3) is 0.316. The van der Waals surface area contributed by atoms with Crippen molar-refractivity contribution >= 4 is 29.1 Å². The number of carbonyl (C=O) groups excluding carboxylic acids is 3. The van der Waals surface area contributed by atoms with Crippen LogP contribution < -0.4 is 4.74 Å². The molecule has 1 aromatic carbocycles. The van der Waals surface area contributed by atoms with Crippen LogP contribution in [0.3, 0.4) is 0 Å². The Hall–Kier alpha value is -2.87. The molecule has 27 heavy (non-hydrogen) atoms. The van der Waals surface area contributed by atoms with Crippen LogP contribution >= 0.6 is 11.3 Å². The van der Waals surface area contributed by atoms with Crippen molar-refractivity contribution in [3.63, 3.8) is 0 Å². The van der Waals surface area contributed by atoms with Crippen molar-refractivity contribution in [2.24, 2.45) is 0 Å². The van der Waals surface area contributed by atoms with Crippen molar-refractivity contribution in [2.45, 2.75) is 0 Å². The van der Waals surface area contributed by atoms with Crippen molar-refractivity contribution in [3.05, 3.63) is 52.2 Å². The number of ether oxygens (including phenoxy) is 2. The van der Waals surface area contributed by atoms with E-state index >= 15 is 0 Å². The molecule has 0 atom stereocenters. The van der Waals surface area contributed by atoms with Gasteiger partial charge in [-0.2, -0.15) is 0 Å². The van der Waals surface area contributed by atoms with Gasteiger partial charge in [0.15, 0.2) is 6.61 Å². The molecule has 1 aliphatic heterocycles. The largest absolute Gasteiger partial charge is 0.484 e.